The highest BCUT2D eigenvalue weighted by molar-refractivity contribution is 5.90. The number of hydrogen-bond acceptors (Lipinski definition) is 6. The van der Waals surface area contributed by atoms with Gasteiger partial charge in [-0.1, -0.05) is 12.1 Å². The van der Waals surface area contributed by atoms with E-state index < -0.39 is 12.1 Å². The van der Waals surface area contributed by atoms with Crippen LogP contribution in [-0.2, 0) is 16.6 Å². The van der Waals surface area contributed by atoms with Crippen molar-refractivity contribution >= 4 is 28.6 Å². The van der Waals surface area contributed by atoms with Crippen molar-refractivity contribution in [1.82, 2.24) is 14.5 Å². The lowest BCUT2D eigenvalue weighted by atomic mass is 10.1. The quantitative estimate of drug-likeness (QED) is 0.340. The number of carboxylic acids is 1. The topological polar surface area (TPSA) is 123 Å². The van der Waals surface area contributed by atoms with Gasteiger partial charge < -0.3 is 19.7 Å². The maximum absolute atomic E-state index is 12.3. The van der Waals surface area contributed by atoms with Gasteiger partial charge in [0.15, 0.2) is 0 Å². The number of alkyl halides is 3. The maximum atomic E-state index is 12.3. The van der Waals surface area contributed by atoms with Crippen molar-refractivity contribution in [2.24, 2.45) is 7.05 Å². The molecule has 198 valence electrons. The summed E-state index contributed by atoms with van der Waals surface area (Å²) in [7, 11) is 1.73. The third-order valence-corrected chi connectivity index (χ3v) is 5.21. The molecule has 0 aliphatic heterocycles. The first-order valence-corrected chi connectivity index (χ1v) is 11.2. The Morgan fingerprint density at radius 3 is 2.37 bits per heavy atom. The van der Waals surface area contributed by atoms with Gasteiger partial charge >= 0.3 is 12.1 Å². The van der Waals surface area contributed by atoms with Crippen LogP contribution in [0.25, 0.3) is 22.0 Å². The Bertz CT molecular complexity index is 1470. The SMILES string of the molecule is Cn1c(=O)cc(OCCCC(=O)Nc2cc(-c3ccncc3)ccn2)c2ccccc21.O=C(O)C(F)(F)F. The minimum Gasteiger partial charge on any atom is -0.493 e. The molecule has 0 radical (unpaired) electrons. The molecule has 3 heterocycles. The van der Waals surface area contributed by atoms with Gasteiger partial charge in [0, 0.05) is 43.5 Å². The number of ether oxygens (including phenoxy) is 1. The van der Waals surface area contributed by atoms with E-state index in [4.69, 9.17) is 14.6 Å². The molecule has 0 saturated carbocycles. The van der Waals surface area contributed by atoms with E-state index in [0.29, 0.717) is 24.6 Å². The van der Waals surface area contributed by atoms with E-state index >= 15 is 0 Å². The molecular weight excluding hydrogens is 505 g/mol. The lowest BCUT2D eigenvalue weighted by Gasteiger charge is -2.11. The van der Waals surface area contributed by atoms with Crippen molar-refractivity contribution in [2.45, 2.75) is 19.0 Å². The highest BCUT2D eigenvalue weighted by Gasteiger charge is 2.38. The number of benzene rings is 1. The summed E-state index contributed by atoms with van der Waals surface area (Å²) in [6.07, 6.45) is 0.818. The fourth-order valence-corrected chi connectivity index (χ4v) is 3.34. The number of carbonyl (C=O) groups excluding carboxylic acids is 1. The van der Waals surface area contributed by atoms with Crippen LogP contribution in [-0.4, -0.2) is 44.3 Å². The average Bonchev–Trinajstić information content (AvgIpc) is 2.90. The lowest BCUT2D eigenvalue weighted by Crippen LogP contribution is -2.21. The number of aromatic nitrogens is 3. The van der Waals surface area contributed by atoms with Gasteiger partial charge in [0.2, 0.25) is 5.91 Å². The predicted molar refractivity (Wildman–Crippen MR) is 134 cm³/mol. The molecule has 4 rings (SSSR count). The molecule has 1 amide bonds. The number of fused-ring (bicyclic) bond motifs is 1. The number of amides is 1. The van der Waals surface area contributed by atoms with Crippen LogP contribution in [0.3, 0.4) is 0 Å². The molecule has 0 unspecified atom stereocenters. The van der Waals surface area contributed by atoms with Crippen molar-refractivity contribution in [3.05, 3.63) is 83.5 Å². The Labute approximate surface area is 214 Å². The van der Waals surface area contributed by atoms with Crippen LogP contribution >= 0.6 is 0 Å². The number of anilines is 1. The highest BCUT2D eigenvalue weighted by atomic mass is 19.4. The molecule has 0 spiro atoms. The highest BCUT2D eigenvalue weighted by Crippen LogP contribution is 2.23. The first-order valence-electron chi connectivity index (χ1n) is 11.2. The number of halogens is 3. The number of rotatable bonds is 7. The Morgan fingerprint density at radius 2 is 1.68 bits per heavy atom. The maximum Gasteiger partial charge on any atom is 0.490 e. The zero-order valence-electron chi connectivity index (χ0n) is 20.1. The second kappa shape index (κ2) is 12.5. The van der Waals surface area contributed by atoms with E-state index in [1.54, 1.807) is 30.2 Å². The molecular formula is C26H23F3N4O5. The molecule has 12 heteroatoms. The summed E-state index contributed by atoms with van der Waals surface area (Å²) in [5, 5.41) is 10.8. The lowest BCUT2D eigenvalue weighted by molar-refractivity contribution is -0.192. The van der Waals surface area contributed by atoms with Gasteiger partial charge in [-0.25, -0.2) is 9.78 Å². The minimum atomic E-state index is -5.08. The summed E-state index contributed by atoms with van der Waals surface area (Å²) >= 11 is 0. The van der Waals surface area contributed by atoms with Crippen molar-refractivity contribution in [3.63, 3.8) is 0 Å². The number of hydrogen-bond donors (Lipinski definition) is 2. The van der Waals surface area contributed by atoms with E-state index in [9.17, 15) is 22.8 Å². The van der Waals surface area contributed by atoms with Crippen LogP contribution in [0.1, 0.15) is 12.8 Å². The number of pyridine rings is 3. The summed E-state index contributed by atoms with van der Waals surface area (Å²) in [5.74, 6) is -1.87. The Balaban J connectivity index is 0.000000505. The van der Waals surface area contributed by atoms with Gasteiger partial charge in [-0.15, -0.1) is 0 Å². The van der Waals surface area contributed by atoms with Crippen molar-refractivity contribution in [2.75, 3.05) is 11.9 Å². The zero-order valence-corrected chi connectivity index (χ0v) is 20.1. The van der Waals surface area contributed by atoms with E-state index in [-0.39, 0.29) is 17.9 Å². The van der Waals surface area contributed by atoms with E-state index in [1.165, 1.54) is 6.07 Å². The normalized spacial score (nSPS) is 10.8. The molecule has 1 aromatic carbocycles. The molecule has 0 aliphatic rings. The first-order chi connectivity index (χ1) is 18.1. The summed E-state index contributed by atoms with van der Waals surface area (Å²) < 4.78 is 39.1. The van der Waals surface area contributed by atoms with Crippen LogP contribution in [0.2, 0.25) is 0 Å². The fraction of sp³-hybridized carbons (Fsp3) is 0.192. The molecule has 4 aromatic rings. The smallest absolute Gasteiger partial charge is 0.490 e. The fourth-order valence-electron chi connectivity index (χ4n) is 3.34. The van der Waals surface area contributed by atoms with Gasteiger partial charge in [-0.05, 0) is 53.9 Å². The van der Waals surface area contributed by atoms with Gasteiger partial charge in [0.25, 0.3) is 5.56 Å². The summed E-state index contributed by atoms with van der Waals surface area (Å²) in [6, 6.07) is 16.6. The summed E-state index contributed by atoms with van der Waals surface area (Å²) in [4.78, 5) is 41.6. The molecule has 2 N–H and O–H groups in total. The van der Waals surface area contributed by atoms with Gasteiger partial charge in [-0.3, -0.25) is 14.6 Å². The van der Waals surface area contributed by atoms with Crippen LogP contribution in [0, 0.1) is 0 Å². The molecule has 0 fully saturated rings. The molecule has 3 aromatic heterocycles. The van der Waals surface area contributed by atoms with Crippen molar-refractivity contribution in [3.8, 4) is 16.9 Å². The third-order valence-electron chi connectivity index (χ3n) is 5.21. The van der Waals surface area contributed by atoms with Crippen LogP contribution in [0.4, 0.5) is 19.0 Å². The van der Waals surface area contributed by atoms with E-state index in [0.717, 1.165) is 22.0 Å². The monoisotopic (exact) mass is 528 g/mol. The molecule has 0 atom stereocenters. The van der Waals surface area contributed by atoms with Gasteiger partial charge in [-0.2, -0.15) is 13.2 Å². The van der Waals surface area contributed by atoms with Gasteiger partial charge in [0.1, 0.15) is 11.6 Å². The third kappa shape index (κ3) is 7.63. The Kier molecular flexibility index (Phi) is 9.14. The number of para-hydroxylation sites is 1. The largest absolute Gasteiger partial charge is 0.493 e. The summed E-state index contributed by atoms with van der Waals surface area (Å²) in [5.41, 5.74) is 2.63. The van der Waals surface area contributed by atoms with Crippen LogP contribution in [0.5, 0.6) is 5.75 Å². The van der Waals surface area contributed by atoms with Crippen LogP contribution in [0.15, 0.2) is 78.0 Å². The molecule has 38 heavy (non-hydrogen) atoms. The predicted octanol–water partition coefficient (Wildman–Crippen LogP) is 4.43. The zero-order chi connectivity index (χ0) is 27.7. The minimum absolute atomic E-state index is 0.133. The number of nitrogens with zero attached hydrogens (tertiary/aromatic N) is 3. The van der Waals surface area contributed by atoms with Crippen molar-refractivity contribution < 1.29 is 32.6 Å². The van der Waals surface area contributed by atoms with E-state index in [1.807, 2.05) is 48.5 Å². The Morgan fingerprint density at radius 1 is 1.03 bits per heavy atom. The number of nitrogens with one attached hydrogen (secondary N) is 1. The average molecular weight is 528 g/mol. The van der Waals surface area contributed by atoms with Gasteiger partial charge in [0.05, 0.1) is 12.1 Å². The number of carbonyl (C=O) groups is 2. The standard InChI is InChI=1S/C24H22N4O3.C2HF3O2/c1-28-20-6-3-2-5-19(20)21(16-24(28)30)31-14-4-7-23(29)27-22-15-18(10-13-26-22)17-8-11-25-12-9-17;3-2(4,5)1(6)7/h2-3,5-6,8-13,15-16H,4,7,14H2,1H3,(H,26,27,29);(H,6,7). The molecule has 0 bridgehead atoms. The summed E-state index contributed by atoms with van der Waals surface area (Å²) in [6.45, 7) is 0.328. The Hall–Kier alpha value is -4.74. The molecule has 0 aliphatic carbocycles. The number of aryl methyl sites for hydroxylation is 1. The van der Waals surface area contributed by atoms with Crippen molar-refractivity contribution in [1.29, 1.82) is 0 Å². The van der Waals surface area contributed by atoms with E-state index in [2.05, 4.69) is 15.3 Å². The molecule has 0 saturated heterocycles. The second-order valence-corrected chi connectivity index (χ2v) is 7.89. The second-order valence-electron chi connectivity index (χ2n) is 7.89. The first kappa shape index (κ1) is 27.8. The number of aliphatic carboxylic acids is 1. The number of carboxylic acid groups (broad SMARTS) is 1. The molecule has 9 nitrogen and oxygen atoms in total. The van der Waals surface area contributed by atoms with Crippen LogP contribution < -0.4 is 15.6 Å².